The smallest absolute Gasteiger partial charge is 0.151 e. The number of nitrogens with zero attached hydrogens (tertiary/aromatic N) is 3. The molecule has 3 aromatic rings. The molecule has 0 atom stereocenters. The number of anilines is 1. The molecule has 0 radical (unpaired) electrons. The van der Waals surface area contributed by atoms with Gasteiger partial charge in [-0.2, -0.15) is 0 Å². The van der Waals surface area contributed by atoms with Gasteiger partial charge in [0, 0.05) is 28.6 Å². The quantitative estimate of drug-likeness (QED) is 0.384. The molecule has 0 bridgehead atoms. The molecule has 2 heterocycles. The molecule has 7 heteroatoms. The lowest BCUT2D eigenvalue weighted by Crippen LogP contribution is -2.62. The van der Waals surface area contributed by atoms with Crippen LogP contribution in [0.25, 0.3) is 11.3 Å². The van der Waals surface area contributed by atoms with Gasteiger partial charge in [-0.1, -0.05) is 46.3 Å². The Kier molecular flexibility index (Phi) is 7.38. The van der Waals surface area contributed by atoms with Crippen molar-refractivity contribution in [2.24, 2.45) is 0 Å². The van der Waals surface area contributed by atoms with Crippen LogP contribution in [-0.2, 0) is 6.61 Å². The zero-order chi connectivity index (χ0) is 25.2. The van der Waals surface area contributed by atoms with E-state index in [2.05, 4.69) is 71.1 Å². The average molecular weight is 540 g/mol. The lowest BCUT2D eigenvalue weighted by Gasteiger charge is -2.49. The van der Waals surface area contributed by atoms with Crippen molar-refractivity contribution in [3.05, 3.63) is 64.6 Å². The fourth-order valence-electron chi connectivity index (χ4n) is 5.20. The van der Waals surface area contributed by atoms with E-state index in [0.29, 0.717) is 29.8 Å². The molecule has 1 N–H and O–H groups in total. The first-order chi connectivity index (χ1) is 16.6. The van der Waals surface area contributed by atoms with Crippen LogP contribution in [-0.4, -0.2) is 41.5 Å². The number of hydrogen-bond donors (Lipinski definition) is 1. The predicted octanol–water partition coefficient (Wildman–Crippen LogP) is 6.24. The molecule has 35 heavy (non-hydrogen) atoms. The van der Waals surface area contributed by atoms with Gasteiger partial charge in [-0.3, -0.25) is 0 Å². The first-order valence-electron chi connectivity index (χ1n) is 12.0. The van der Waals surface area contributed by atoms with Gasteiger partial charge in [0.1, 0.15) is 23.8 Å². The second-order valence-corrected chi connectivity index (χ2v) is 11.5. The van der Waals surface area contributed by atoms with E-state index >= 15 is 0 Å². The van der Waals surface area contributed by atoms with Gasteiger partial charge >= 0.3 is 0 Å². The maximum Gasteiger partial charge on any atom is 0.151 e. The topological polar surface area (TPSA) is 59.5 Å². The summed E-state index contributed by atoms with van der Waals surface area (Å²) in [6.45, 7) is 9.50. The number of piperidine rings is 1. The van der Waals surface area contributed by atoms with Crippen LogP contribution in [0, 0.1) is 0 Å². The number of aromatic nitrogens is 2. The summed E-state index contributed by atoms with van der Waals surface area (Å²) in [5.74, 6) is 2.23. The minimum Gasteiger partial charge on any atom is -0.496 e. The molecule has 0 saturated carbocycles. The van der Waals surface area contributed by atoms with Crippen molar-refractivity contribution < 1.29 is 9.47 Å². The van der Waals surface area contributed by atoms with Crippen molar-refractivity contribution in [3.8, 4) is 22.8 Å². The highest BCUT2D eigenvalue weighted by atomic mass is 79.9. The maximum atomic E-state index is 6.22. The lowest BCUT2D eigenvalue weighted by atomic mass is 9.79. The third kappa shape index (κ3) is 6.14. The van der Waals surface area contributed by atoms with Gasteiger partial charge in [-0.15, -0.1) is 10.2 Å². The van der Waals surface area contributed by atoms with Gasteiger partial charge in [-0.25, -0.2) is 0 Å². The SMILES string of the molecule is COc1cc(Br)cc(OCc2ccccc2)c1-c1ccc(N(C)C2CC(C)(C)NC(C)(C)C2)nn1. The van der Waals surface area contributed by atoms with E-state index in [1.807, 2.05) is 54.6 Å². The summed E-state index contributed by atoms with van der Waals surface area (Å²) in [6, 6.07) is 18.4. The highest BCUT2D eigenvalue weighted by molar-refractivity contribution is 9.10. The number of rotatable bonds is 7. The van der Waals surface area contributed by atoms with Crippen LogP contribution >= 0.6 is 15.9 Å². The predicted molar refractivity (Wildman–Crippen MR) is 145 cm³/mol. The molecule has 1 saturated heterocycles. The van der Waals surface area contributed by atoms with Gasteiger partial charge < -0.3 is 19.7 Å². The van der Waals surface area contributed by atoms with E-state index < -0.39 is 0 Å². The number of nitrogens with one attached hydrogen (secondary N) is 1. The fraction of sp³-hybridized carbons (Fsp3) is 0.429. The minimum absolute atomic E-state index is 0.0594. The van der Waals surface area contributed by atoms with Gasteiger partial charge in [0.15, 0.2) is 5.82 Å². The molecule has 186 valence electrons. The Hall–Kier alpha value is -2.64. The van der Waals surface area contributed by atoms with E-state index in [1.165, 1.54) is 0 Å². The van der Waals surface area contributed by atoms with Gasteiger partial charge in [0.2, 0.25) is 0 Å². The molecule has 6 nitrogen and oxygen atoms in total. The molecule has 0 amide bonds. The van der Waals surface area contributed by atoms with E-state index in [4.69, 9.17) is 9.47 Å². The molecule has 0 spiro atoms. The summed E-state index contributed by atoms with van der Waals surface area (Å²) in [5, 5.41) is 13.0. The van der Waals surface area contributed by atoms with E-state index in [0.717, 1.165) is 34.3 Å². The Labute approximate surface area is 217 Å². The van der Waals surface area contributed by atoms with Crippen LogP contribution in [0.4, 0.5) is 5.82 Å². The molecule has 1 aliphatic heterocycles. The lowest BCUT2D eigenvalue weighted by molar-refractivity contribution is 0.160. The summed E-state index contributed by atoms with van der Waals surface area (Å²) in [4.78, 5) is 2.26. The second-order valence-electron chi connectivity index (χ2n) is 10.6. The van der Waals surface area contributed by atoms with Gasteiger partial charge in [0.25, 0.3) is 0 Å². The van der Waals surface area contributed by atoms with Crippen molar-refractivity contribution in [1.82, 2.24) is 15.5 Å². The Morgan fingerprint density at radius 3 is 2.23 bits per heavy atom. The number of ether oxygens (including phenoxy) is 2. The normalized spacial score (nSPS) is 17.1. The Balaban J connectivity index is 1.61. The Morgan fingerprint density at radius 2 is 1.63 bits per heavy atom. The first kappa shape index (κ1) is 25.5. The van der Waals surface area contributed by atoms with E-state index in [9.17, 15) is 0 Å². The molecule has 0 unspecified atom stereocenters. The third-order valence-corrected chi connectivity index (χ3v) is 6.93. The number of halogens is 1. The summed E-state index contributed by atoms with van der Waals surface area (Å²) < 4.78 is 12.8. The highest BCUT2D eigenvalue weighted by Gasteiger charge is 2.39. The van der Waals surface area contributed by atoms with Crippen LogP contribution in [0.3, 0.4) is 0 Å². The summed E-state index contributed by atoms with van der Waals surface area (Å²) in [5.41, 5.74) is 2.71. The van der Waals surface area contributed by atoms with Crippen LogP contribution in [0.2, 0.25) is 0 Å². The third-order valence-electron chi connectivity index (χ3n) is 6.47. The van der Waals surface area contributed by atoms with Crippen LogP contribution in [0.5, 0.6) is 11.5 Å². The van der Waals surface area contributed by atoms with E-state index in [-0.39, 0.29) is 11.1 Å². The van der Waals surface area contributed by atoms with Crippen LogP contribution in [0.15, 0.2) is 59.1 Å². The number of hydrogen-bond acceptors (Lipinski definition) is 6. The standard InChI is InChI=1S/C28H35BrN4O2/c1-27(2)16-21(17-28(3,4)32-27)33(5)25-13-12-22(30-31-25)26-23(34-6)14-20(29)15-24(26)35-18-19-10-8-7-9-11-19/h7-15,21,32H,16-18H2,1-6H3. The molecular weight excluding hydrogens is 504 g/mol. The Morgan fingerprint density at radius 1 is 0.971 bits per heavy atom. The molecule has 1 aliphatic rings. The average Bonchev–Trinajstić information content (AvgIpc) is 2.80. The fourth-order valence-corrected chi connectivity index (χ4v) is 5.61. The van der Waals surface area contributed by atoms with Crippen molar-refractivity contribution >= 4 is 21.7 Å². The second kappa shape index (κ2) is 10.2. The summed E-state index contributed by atoms with van der Waals surface area (Å²) >= 11 is 3.57. The van der Waals surface area contributed by atoms with Crippen molar-refractivity contribution in [3.63, 3.8) is 0 Å². The molecule has 0 aliphatic carbocycles. The minimum atomic E-state index is 0.0594. The van der Waals surface area contributed by atoms with Crippen LogP contribution in [0.1, 0.15) is 46.1 Å². The molecule has 2 aromatic carbocycles. The summed E-state index contributed by atoms with van der Waals surface area (Å²) in [7, 11) is 3.77. The molecule has 4 rings (SSSR count). The van der Waals surface area contributed by atoms with Gasteiger partial charge in [0.05, 0.1) is 12.7 Å². The van der Waals surface area contributed by atoms with E-state index in [1.54, 1.807) is 7.11 Å². The zero-order valence-corrected chi connectivity index (χ0v) is 23.0. The summed E-state index contributed by atoms with van der Waals surface area (Å²) in [6.07, 6.45) is 2.07. The van der Waals surface area contributed by atoms with Crippen molar-refractivity contribution in [1.29, 1.82) is 0 Å². The molecule has 1 aromatic heterocycles. The van der Waals surface area contributed by atoms with Crippen LogP contribution < -0.4 is 19.7 Å². The first-order valence-corrected chi connectivity index (χ1v) is 12.8. The monoisotopic (exact) mass is 538 g/mol. The Bertz CT molecular complexity index is 1130. The van der Waals surface area contributed by atoms with Gasteiger partial charge in [-0.05, 0) is 70.4 Å². The van der Waals surface area contributed by atoms with Crippen molar-refractivity contribution in [2.45, 2.75) is 64.3 Å². The molecule has 1 fully saturated rings. The molecular formula is C28H35BrN4O2. The number of benzene rings is 2. The number of methoxy groups -OCH3 is 1. The zero-order valence-electron chi connectivity index (χ0n) is 21.4. The highest BCUT2D eigenvalue weighted by Crippen LogP contribution is 2.41. The largest absolute Gasteiger partial charge is 0.496 e. The maximum absolute atomic E-state index is 6.22. The van der Waals surface area contributed by atoms with Crippen molar-refractivity contribution in [2.75, 3.05) is 19.1 Å².